The van der Waals surface area contributed by atoms with Gasteiger partial charge in [0.1, 0.15) is 5.75 Å². The molecule has 4 rings (SSSR count). The van der Waals surface area contributed by atoms with E-state index in [1.54, 1.807) is 48.0 Å². The van der Waals surface area contributed by atoms with E-state index in [1.165, 1.54) is 6.07 Å². The molecule has 3 heterocycles. The number of halogens is 3. The zero-order valence-electron chi connectivity index (χ0n) is 18.3. The van der Waals surface area contributed by atoms with Gasteiger partial charge in [-0.1, -0.05) is 18.2 Å². The molecule has 0 aliphatic carbocycles. The number of rotatable bonds is 6. The largest absolute Gasteiger partial charge is 0.484 e. The van der Waals surface area contributed by atoms with Crippen molar-refractivity contribution < 1.29 is 22.7 Å². The van der Waals surface area contributed by atoms with Crippen molar-refractivity contribution in [3.63, 3.8) is 0 Å². The van der Waals surface area contributed by atoms with Crippen molar-refractivity contribution in [2.24, 2.45) is 0 Å². The van der Waals surface area contributed by atoms with Crippen LogP contribution in [0.3, 0.4) is 0 Å². The Kier molecular flexibility index (Phi) is 6.10. The van der Waals surface area contributed by atoms with Crippen molar-refractivity contribution in [3.05, 3.63) is 71.2 Å². The van der Waals surface area contributed by atoms with Crippen LogP contribution in [0.2, 0.25) is 0 Å². The number of hydrogen-bond acceptors (Lipinski definition) is 6. The van der Waals surface area contributed by atoms with Gasteiger partial charge >= 0.3 is 6.18 Å². The van der Waals surface area contributed by atoms with E-state index >= 15 is 0 Å². The second-order valence-electron chi connectivity index (χ2n) is 7.64. The summed E-state index contributed by atoms with van der Waals surface area (Å²) in [6, 6.07) is 11.6. The Morgan fingerprint density at radius 2 is 1.88 bits per heavy atom. The molecule has 3 aromatic heterocycles. The SMILES string of the molecule is Cc1nc(C)c(-c2ccn3nc(N)nc3c2)cc1C(=O)NCc1ccccc1OCC(F)(F)F. The second-order valence-corrected chi connectivity index (χ2v) is 7.64. The van der Waals surface area contributed by atoms with E-state index in [-0.39, 0.29) is 18.2 Å². The molecule has 0 saturated carbocycles. The van der Waals surface area contributed by atoms with E-state index in [2.05, 4.69) is 20.4 Å². The quantitative estimate of drug-likeness (QED) is 0.443. The maximum atomic E-state index is 13.0. The molecule has 0 aliphatic heterocycles. The molecule has 0 bridgehead atoms. The smallest absolute Gasteiger partial charge is 0.422 e. The second kappa shape index (κ2) is 9.00. The van der Waals surface area contributed by atoms with Gasteiger partial charge in [0.2, 0.25) is 5.95 Å². The molecule has 0 unspecified atom stereocenters. The third-order valence-corrected chi connectivity index (χ3v) is 5.12. The van der Waals surface area contributed by atoms with Gasteiger partial charge in [0.25, 0.3) is 5.91 Å². The van der Waals surface area contributed by atoms with Gasteiger partial charge in [-0.15, -0.1) is 5.10 Å². The van der Waals surface area contributed by atoms with Crippen LogP contribution in [-0.4, -0.2) is 38.3 Å². The molecule has 0 radical (unpaired) electrons. The number of nitrogens with two attached hydrogens (primary N) is 1. The zero-order valence-corrected chi connectivity index (χ0v) is 18.3. The highest BCUT2D eigenvalue weighted by atomic mass is 19.4. The van der Waals surface area contributed by atoms with Gasteiger partial charge in [-0.05, 0) is 43.7 Å². The molecule has 8 nitrogen and oxygen atoms in total. The van der Waals surface area contributed by atoms with E-state index in [4.69, 9.17) is 10.5 Å². The number of ether oxygens (including phenoxy) is 1. The fourth-order valence-corrected chi connectivity index (χ4v) is 3.53. The lowest BCUT2D eigenvalue weighted by Crippen LogP contribution is -2.25. The number of nitrogens with zero attached hydrogens (tertiary/aromatic N) is 4. The molecule has 1 amide bonds. The predicted octanol–water partition coefficient (Wildman–Crippen LogP) is 3.86. The molecule has 0 atom stereocenters. The van der Waals surface area contributed by atoms with Crippen LogP contribution in [0.15, 0.2) is 48.7 Å². The predicted molar refractivity (Wildman–Crippen MR) is 119 cm³/mol. The van der Waals surface area contributed by atoms with Crippen molar-refractivity contribution in [1.29, 1.82) is 0 Å². The standard InChI is InChI=1S/C23H21F3N6O2/c1-13-17(15-7-8-32-20(9-15)30-22(27)31-32)10-18(14(2)29-13)21(33)28-11-16-5-3-4-6-19(16)34-12-23(24,25)26/h3-10H,11-12H2,1-2H3,(H2,27,31)(H,28,33). The minimum absolute atomic E-state index is 0.0134. The van der Waals surface area contributed by atoms with Crippen molar-refractivity contribution >= 4 is 17.5 Å². The number of aryl methyl sites for hydroxylation is 2. The molecule has 0 spiro atoms. The molecule has 176 valence electrons. The first kappa shape index (κ1) is 23.0. The van der Waals surface area contributed by atoms with Gasteiger partial charge < -0.3 is 15.8 Å². The lowest BCUT2D eigenvalue weighted by molar-refractivity contribution is -0.153. The van der Waals surface area contributed by atoms with Crippen LogP contribution in [0.4, 0.5) is 19.1 Å². The van der Waals surface area contributed by atoms with Crippen LogP contribution in [0.1, 0.15) is 27.3 Å². The van der Waals surface area contributed by atoms with Crippen molar-refractivity contribution in [1.82, 2.24) is 24.9 Å². The van der Waals surface area contributed by atoms with Gasteiger partial charge in [-0.25, -0.2) is 4.52 Å². The number of fused-ring (bicyclic) bond motifs is 1. The summed E-state index contributed by atoms with van der Waals surface area (Å²) in [5.74, 6) is -0.208. The molecule has 11 heteroatoms. The van der Waals surface area contributed by atoms with Crippen LogP contribution in [0.5, 0.6) is 5.75 Å². The van der Waals surface area contributed by atoms with Crippen molar-refractivity contribution in [3.8, 4) is 16.9 Å². The molecule has 0 aliphatic rings. The van der Waals surface area contributed by atoms with Crippen LogP contribution in [0.25, 0.3) is 16.8 Å². The van der Waals surface area contributed by atoms with E-state index in [9.17, 15) is 18.0 Å². The minimum Gasteiger partial charge on any atom is -0.484 e. The Morgan fingerprint density at radius 3 is 2.65 bits per heavy atom. The molecule has 3 N–H and O–H groups in total. The molecular formula is C23H21F3N6O2. The highest BCUT2D eigenvalue weighted by Crippen LogP contribution is 2.26. The van der Waals surface area contributed by atoms with Crippen LogP contribution < -0.4 is 15.8 Å². The first-order valence-corrected chi connectivity index (χ1v) is 10.3. The Morgan fingerprint density at radius 1 is 1.12 bits per heavy atom. The van der Waals surface area contributed by atoms with Gasteiger partial charge in [0.15, 0.2) is 12.3 Å². The highest BCUT2D eigenvalue weighted by molar-refractivity contribution is 5.96. The van der Waals surface area contributed by atoms with E-state index < -0.39 is 18.7 Å². The normalized spacial score (nSPS) is 11.6. The lowest BCUT2D eigenvalue weighted by atomic mass is 10.0. The number of carbonyl (C=O) groups excluding carboxylic acids is 1. The Bertz CT molecular complexity index is 1370. The number of nitrogen functional groups attached to an aromatic ring is 1. The lowest BCUT2D eigenvalue weighted by Gasteiger charge is -2.15. The van der Waals surface area contributed by atoms with Gasteiger partial charge in [-0.3, -0.25) is 9.78 Å². The van der Waals surface area contributed by atoms with E-state index in [0.29, 0.717) is 22.5 Å². The number of benzene rings is 1. The first-order valence-electron chi connectivity index (χ1n) is 10.3. The minimum atomic E-state index is -4.46. The fraction of sp³-hybridized carbons (Fsp3) is 0.217. The number of para-hydroxylation sites is 1. The molecule has 0 fully saturated rings. The summed E-state index contributed by atoms with van der Waals surface area (Å²) in [6.07, 6.45) is -2.75. The number of pyridine rings is 2. The summed E-state index contributed by atoms with van der Waals surface area (Å²) in [7, 11) is 0. The summed E-state index contributed by atoms with van der Waals surface area (Å²) in [6.45, 7) is 2.12. The molecule has 1 aromatic carbocycles. The average molecular weight is 470 g/mol. The van der Waals surface area contributed by atoms with Crippen molar-refractivity contribution in [2.75, 3.05) is 12.3 Å². The van der Waals surface area contributed by atoms with Gasteiger partial charge in [0.05, 0.1) is 11.3 Å². The monoisotopic (exact) mass is 470 g/mol. The average Bonchev–Trinajstić information content (AvgIpc) is 3.15. The summed E-state index contributed by atoms with van der Waals surface area (Å²) < 4.78 is 44.0. The molecular weight excluding hydrogens is 449 g/mol. The Hall–Kier alpha value is -4.15. The number of nitrogens with one attached hydrogen (secondary N) is 1. The van der Waals surface area contributed by atoms with Crippen LogP contribution in [0, 0.1) is 13.8 Å². The maximum absolute atomic E-state index is 13.0. The number of aromatic nitrogens is 4. The third kappa shape index (κ3) is 5.08. The topological polar surface area (TPSA) is 107 Å². The van der Waals surface area contributed by atoms with Crippen LogP contribution >= 0.6 is 0 Å². The number of amides is 1. The number of anilines is 1. The Balaban J connectivity index is 1.56. The summed E-state index contributed by atoms with van der Waals surface area (Å²) >= 11 is 0. The molecule has 4 aromatic rings. The first-order chi connectivity index (χ1) is 16.1. The summed E-state index contributed by atoms with van der Waals surface area (Å²) in [5, 5.41) is 6.79. The van der Waals surface area contributed by atoms with E-state index in [1.807, 2.05) is 13.0 Å². The maximum Gasteiger partial charge on any atom is 0.422 e. The van der Waals surface area contributed by atoms with Crippen molar-refractivity contribution in [2.45, 2.75) is 26.6 Å². The Labute approximate surface area is 192 Å². The highest BCUT2D eigenvalue weighted by Gasteiger charge is 2.28. The van der Waals surface area contributed by atoms with E-state index in [0.717, 1.165) is 16.8 Å². The van der Waals surface area contributed by atoms with Crippen LogP contribution in [-0.2, 0) is 6.54 Å². The zero-order chi connectivity index (χ0) is 24.5. The molecule has 0 saturated heterocycles. The molecule has 34 heavy (non-hydrogen) atoms. The van der Waals surface area contributed by atoms with Gasteiger partial charge in [0, 0.05) is 29.6 Å². The summed E-state index contributed by atoms with van der Waals surface area (Å²) in [5.41, 5.74) is 9.72. The number of hydrogen-bond donors (Lipinski definition) is 2. The summed E-state index contributed by atoms with van der Waals surface area (Å²) in [4.78, 5) is 21.6. The third-order valence-electron chi connectivity index (χ3n) is 5.12. The fourth-order valence-electron chi connectivity index (χ4n) is 3.53. The number of alkyl halides is 3. The van der Waals surface area contributed by atoms with Gasteiger partial charge in [-0.2, -0.15) is 18.2 Å². The number of carbonyl (C=O) groups is 1.